The van der Waals surface area contributed by atoms with Crippen LogP contribution in [0.1, 0.15) is 12.7 Å². The molecule has 0 aliphatic heterocycles. The first-order chi connectivity index (χ1) is 7.63. The number of aryl methyl sites for hydroxylation is 1. The van der Waals surface area contributed by atoms with Gasteiger partial charge in [-0.05, 0) is 13.8 Å². The highest BCUT2D eigenvalue weighted by Crippen LogP contribution is 2.19. The first kappa shape index (κ1) is 10.8. The lowest BCUT2D eigenvalue weighted by Crippen LogP contribution is -2.15. The van der Waals surface area contributed by atoms with Gasteiger partial charge in [-0.2, -0.15) is 5.10 Å². The maximum atomic E-state index is 11.5. The minimum atomic E-state index is -0.577. The molecule has 2 rings (SSSR count). The standard InChI is InChI=1S/C9H9ClN4O2/c1-3-16-9(15)14-8-6(4-11-14)7(10)12-5(2)13-8/h4H,3H2,1-2H3. The molecule has 0 N–H and O–H groups in total. The maximum absolute atomic E-state index is 11.5. The van der Waals surface area contributed by atoms with Gasteiger partial charge in [0.2, 0.25) is 0 Å². The second kappa shape index (κ2) is 4.05. The Morgan fingerprint density at radius 1 is 1.56 bits per heavy atom. The van der Waals surface area contributed by atoms with Crippen molar-refractivity contribution >= 4 is 28.7 Å². The molecule has 0 saturated carbocycles. The summed E-state index contributed by atoms with van der Waals surface area (Å²) >= 11 is 5.90. The number of carbonyl (C=O) groups is 1. The average molecular weight is 241 g/mol. The molecule has 6 nitrogen and oxygen atoms in total. The molecular formula is C9H9ClN4O2. The molecule has 7 heteroatoms. The van der Waals surface area contributed by atoms with Crippen LogP contribution in [0.25, 0.3) is 11.0 Å². The lowest BCUT2D eigenvalue weighted by Gasteiger charge is -2.02. The Morgan fingerprint density at radius 2 is 2.31 bits per heavy atom. The number of halogens is 1. The van der Waals surface area contributed by atoms with Crippen LogP contribution in [-0.2, 0) is 4.74 Å². The Balaban J connectivity index is 2.60. The van der Waals surface area contributed by atoms with E-state index in [0.717, 1.165) is 4.68 Å². The van der Waals surface area contributed by atoms with Crippen LogP contribution in [0, 0.1) is 6.92 Å². The van der Waals surface area contributed by atoms with Crippen molar-refractivity contribution in [3.8, 4) is 0 Å². The maximum Gasteiger partial charge on any atom is 0.436 e. The Kier molecular flexibility index (Phi) is 2.74. The molecular weight excluding hydrogens is 232 g/mol. The number of hydrogen-bond donors (Lipinski definition) is 0. The smallest absolute Gasteiger partial charge is 0.436 e. The molecule has 16 heavy (non-hydrogen) atoms. The minimum absolute atomic E-state index is 0.276. The van der Waals surface area contributed by atoms with E-state index >= 15 is 0 Å². The van der Waals surface area contributed by atoms with Gasteiger partial charge in [0.05, 0.1) is 18.2 Å². The van der Waals surface area contributed by atoms with E-state index in [0.29, 0.717) is 16.9 Å². The average Bonchev–Trinajstić information content (AvgIpc) is 2.61. The zero-order valence-electron chi connectivity index (χ0n) is 8.77. The fraction of sp³-hybridized carbons (Fsp3) is 0.333. The molecule has 0 aliphatic carbocycles. The number of aromatic nitrogens is 4. The van der Waals surface area contributed by atoms with Crippen molar-refractivity contribution in [1.82, 2.24) is 19.7 Å². The lowest BCUT2D eigenvalue weighted by molar-refractivity contribution is 0.151. The van der Waals surface area contributed by atoms with Gasteiger partial charge in [0.25, 0.3) is 0 Å². The Labute approximate surface area is 96.2 Å². The van der Waals surface area contributed by atoms with Gasteiger partial charge >= 0.3 is 6.09 Å². The fourth-order valence-electron chi connectivity index (χ4n) is 1.29. The van der Waals surface area contributed by atoms with Crippen molar-refractivity contribution in [2.24, 2.45) is 0 Å². The van der Waals surface area contributed by atoms with E-state index in [-0.39, 0.29) is 11.8 Å². The van der Waals surface area contributed by atoms with Crippen molar-refractivity contribution in [3.05, 3.63) is 17.2 Å². The molecule has 0 amide bonds. The molecule has 0 atom stereocenters. The molecule has 0 spiro atoms. The summed E-state index contributed by atoms with van der Waals surface area (Å²) < 4.78 is 5.90. The Hall–Kier alpha value is -1.69. The lowest BCUT2D eigenvalue weighted by atomic mass is 10.4. The van der Waals surface area contributed by atoms with Gasteiger partial charge in [0, 0.05) is 0 Å². The third-order valence-corrected chi connectivity index (χ3v) is 2.22. The number of fused-ring (bicyclic) bond motifs is 1. The molecule has 84 valence electrons. The molecule has 0 fully saturated rings. The van der Waals surface area contributed by atoms with E-state index in [4.69, 9.17) is 16.3 Å². The van der Waals surface area contributed by atoms with Crippen LogP contribution in [0.5, 0.6) is 0 Å². The van der Waals surface area contributed by atoms with Crippen molar-refractivity contribution < 1.29 is 9.53 Å². The van der Waals surface area contributed by atoms with Crippen LogP contribution in [-0.4, -0.2) is 32.4 Å². The number of ether oxygens (including phenoxy) is 1. The van der Waals surface area contributed by atoms with Crippen LogP contribution < -0.4 is 0 Å². The minimum Gasteiger partial charge on any atom is -0.448 e. The Bertz CT molecular complexity index is 552. The summed E-state index contributed by atoms with van der Waals surface area (Å²) in [7, 11) is 0. The van der Waals surface area contributed by atoms with E-state index in [1.54, 1.807) is 13.8 Å². The van der Waals surface area contributed by atoms with Gasteiger partial charge in [-0.25, -0.2) is 14.8 Å². The zero-order chi connectivity index (χ0) is 11.7. The second-order valence-electron chi connectivity index (χ2n) is 3.05. The quantitative estimate of drug-likeness (QED) is 0.711. The molecule has 0 saturated heterocycles. The normalized spacial score (nSPS) is 10.7. The summed E-state index contributed by atoms with van der Waals surface area (Å²) in [6.07, 6.45) is 0.861. The van der Waals surface area contributed by atoms with Crippen molar-refractivity contribution in [1.29, 1.82) is 0 Å². The third kappa shape index (κ3) is 1.71. The predicted molar refractivity (Wildman–Crippen MR) is 57.5 cm³/mol. The van der Waals surface area contributed by atoms with Gasteiger partial charge in [-0.3, -0.25) is 0 Å². The Morgan fingerprint density at radius 3 is 3.00 bits per heavy atom. The van der Waals surface area contributed by atoms with Crippen LogP contribution in [0.4, 0.5) is 4.79 Å². The molecule has 0 aromatic carbocycles. The molecule has 0 bridgehead atoms. The second-order valence-corrected chi connectivity index (χ2v) is 3.41. The summed E-state index contributed by atoms with van der Waals surface area (Å²) in [6.45, 7) is 3.68. The molecule has 2 aromatic heterocycles. The highest BCUT2D eigenvalue weighted by Gasteiger charge is 2.15. The molecule has 2 aromatic rings. The number of carbonyl (C=O) groups excluding carboxylic acids is 1. The topological polar surface area (TPSA) is 69.9 Å². The van der Waals surface area contributed by atoms with E-state index < -0.39 is 6.09 Å². The van der Waals surface area contributed by atoms with Crippen LogP contribution >= 0.6 is 11.6 Å². The number of hydrogen-bond acceptors (Lipinski definition) is 5. The van der Waals surface area contributed by atoms with Gasteiger partial charge in [-0.15, -0.1) is 4.68 Å². The van der Waals surface area contributed by atoms with E-state index in [2.05, 4.69) is 15.1 Å². The summed E-state index contributed by atoms with van der Waals surface area (Å²) in [4.78, 5) is 19.6. The van der Waals surface area contributed by atoms with E-state index in [1.165, 1.54) is 6.20 Å². The first-order valence-electron chi connectivity index (χ1n) is 4.68. The molecule has 0 radical (unpaired) electrons. The fourth-order valence-corrected chi connectivity index (χ4v) is 1.55. The van der Waals surface area contributed by atoms with Gasteiger partial charge in [0.1, 0.15) is 11.0 Å². The SMILES string of the molecule is CCOC(=O)n1ncc2c(Cl)nc(C)nc21. The van der Waals surface area contributed by atoms with Crippen LogP contribution in [0.2, 0.25) is 5.15 Å². The predicted octanol–water partition coefficient (Wildman–Crippen LogP) is 1.79. The first-order valence-corrected chi connectivity index (χ1v) is 5.06. The van der Waals surface area contributed by atoms with Gasteiger partial charge in [0.15, 0.2) is 5.65 Å². The van der Waals surface area contributed by atoms with Crippen LogP contribution in [0.15, 0.2) is 6.20 Å². The van der Waals surface area contributed by atoms with E-state index in [9.17, 15) is 4.79 Å². The zero-order valence-corrected chi connectivity index (χ0v) is 9.52. The van der Waals surface area contributed by atoms with Crippen molar-refractivity contribution in [2.45, 2.75) is 13.8 Å². The third-order valence-electron chi connectivity index (χ3n) is 1.93. The van der Waals surface area contributed by atoms with Crippen molar-refractivity contribution in [3.63, 3.8) is 0 Å². The molecule has 0 unspecified atom stereocenters. The summed E-state index contributed by atoms with van der Waals surface area (Å²) in [5, 5.41) is 4.68. The number of nitrogens with zero attached hydrogens (tertiary/aromatic N) is 4. The summed E-state index contributed by atoms with van der Waals surface area (Å²) in [6, 6.07) is 0. The number of rotatable bonds is 1. The summed E-state index contributed by atoms with van der Waals surface area (Å²) in [5.74, 6) is 0.476. The largest absolute Gasteiger partial charge is 0.448 e. The molecule has 2 heterocycles. The summed E-state index contributed by atoms with van der Waals surface area (Å²) in [5.41, 5.74) is 0.357. The van der Waals surface area contributed by atoms with Crippen LogP contribution in [0.3, 0.4) is 0 Å². The highest BCUT2D eigenvalue weighted by molar-refractivity contribution is 6.34. The monoisotopic (exact) mass is 240 g/mol. The molecule has 0 aliphatic rings. The highest BCUT2D eigenvalue weighted by atomic mass is 35.5. The van der Waals surface area contributed by atoms with Crippen molar-refractivity contribution in [2.75, 3.05) is 6.61 Å². The van der Waals surface area contributed by atoms with E-state index in [1.807, 2.05) is 0 Å². The van der Waals surface area contributed by atoms with Gasteiger partial charge in [-0.1, -0.05) is 11.6 Å². The van der Waals surface area contributed by atoms with Gasteiger partial charge < -0.3 is 4.74 Å².